The van der Waals surface area contributed by atoms with Crippen molar-refractivity contribution in [1.82, 2.24) is 0 Å². The Labute approximate surface area is 91.0 Å². The van der Waals surface area contributed by atoms with E-state index in [2.05, 4.69) is 0 Å². The molecule has 0 aliphatic carbocycles. The second-order valence-corrected chi connectivity index (χ2v) is 4.37. The maximum Gasteiger partial charge on any atom is 0.0759 e. The molecule has 0 saturated carbocycles. The molecule has 0 heterocycles. The lowest BCUT2D eigenvalue weighted by atomic mass is 10.0. The third kappa shape index (κ3) is 2.37. The average Bonchev–Trinajstić information content (AvgIpc) is 2.33. The minimum Gasteiger partial charge on any atom is -0.329 e. The predicted molar refractivity (Wildman–Crippen MR) is 65.1 cm³/mol. The lowest BCUT2D eigenvalue weighted by molar-refractivity contribution is 0.595. The normalized spacial score (nSPS) is 11.3. The summed E-state index contributed by atoms with van der Waals surface area (Å²) in [7, 11) is -0.832. The number of rotatable bonds is 3. The van der Waals surface area contributed by atoms with Crippen molar-refractivity contribution in [3.05, 3.63) is 71.8 Å². The molecule has 2 heteroatoms. The molecular formula is C13H13OP. The summed E-state index contributed by atoms with van der Waals surface area (Å²) in [6.45, 7) is 0. The van der Waals surface area contributed by atoms with Crippen molar-refractivity contribution in [2.24, 2.45) is 0 Å². The highest BCUT2D eigenvalue weighted by molar-refractivity contribution is 7.24. The third-order valence-electron chi connectivity index (χ3n) is 2.45. The summed E-state index contributed by atoms with van der Waals surface area (Å²) in [5, 5.41) is 0. The standard InChI is InChI=1S/C13H13OP/c14-15-13(11-7-3-1-4-8-11)12-9-5-2-6-10-12/h1-10,13H,15H2. The molecule has 2 aromatic rings. The molecule has 1 nitrogen and oxygen atoms in total. The Morgan fingerprint density at radius 1 is 0.733 bits per heavy atom. The third-order valence-corrected chi connectivity index (χ3v) is 3.50. The summed E-state index contributed by atoms with van der Waals surface area (Å²) in [5.74, 6) is 0. The van der Waals surface area contributed by atoms with Gasteiger partial charge >= 0.3 is 0 Å². The van der Waals surface area contributed by atoms with Crippen LogP contribution in [0.5, 0.6) is 0 Å². The van der Waals surface area contributed by atoms with Crippen LogP contribution in [0.4, 0.5) is 0 Å². The van der Waals surface area contributed by atoms with Gasteiger partial charge in [0.15, 0.2) is 0 Å². The van der Waals surface area contributed by atoms with Gasteiger partial charge in [0.1, 0.15) is 0 Å². The summed E-state index contributed by atoms with van der Waals surface area (Å²) in [6.07, 6.45) is 0. The molecule has 2 rings (SSSR count). The first-order valence-electron chi connectivity index (χ1n) is 4.97. The van der Waals surface area contributed by atoms with Gasteiger partial charge in [-0.15, -0.1) is 0 Å². The molecular weight excluding hydrogens is 203 g/mol. The van der Waals surface area contributed by atoms with Crippen molar-refractivity contribution in [3.8, 4) is 0 Å². The van der Waals surface area contributed by atoms with Crippen LogP contribution in [0.3, 0.4) is 0 Å². The lowest BCUT2D eigenvalue weighted by Gasteiger charge is -2.10. The van der Waals surface area contributed by atoms with E-state index in [1.165, 1.54) is 0 Å². The van der Waals surface area contributed by atoms with Crippen LogP contribution in [0.2, 0.25) is 0 Å². The molecule has 0 bridgehead atoms. The summed E-state index contributed by atoms with van der Waals surface area (Å²) in [6, 6.07) is 20.0. The van der Waals surface area contributed by atoms with Gasteiger partial charge in [0, 0.05) is 0 Å². The smallest absolute Gasteiger partial charge is 0.0759 e. The molecule has 0 spiro atoms. The zero-order chi connectivity index (χ0) is 10.5. The van der Waals surface area contributed by atoms with E-state index in [4.69, 9.17) is 0 Å². The van der Waals surface area contributed by atoms with Crippen molar-refractivity contribution in [3.63, 3.8) is 0 Å². The highest BCUT2D eigenvalue weighted by atomic mass is 31.1. The Morgan fingerprint density at radius 3 is 1.47 bits per heavy atom. The first kappa shape index (κ1) is 10.2. The fraction of sp³-hybridized carbons (Fsp3) is 0.0769. The first-order valence-corrected chi connectivity index (χ1v) is 6.11. The van der Waals surface area contributed by atoms with E-state index >= 15 is 0 Å². The molecule has 76 valence electrons. The Kier molecular flexibility index (Phi) is 3.37. The van der Waals surface area contributed by atoms with Crippen LogP contribution in [0, 0.1) is 0 Å². The van der Waals surface area contributed by atoms with E-state index in [1.54, 1.807) is 0 Å². The van der Waals surface area contributed by atoms with E-state index in [0.29, 0.717) is 0 Å². The maximum atomic E-state index is 11.3. The molecule has 2 aromatic carbocycles. The first-order chi connectivity index (χ1) is 7.42. The van der Waals surface area contributed by atoms with Crippen LogP contribution in [-0.2, 0) is 4.57 Å². The van der Waals surface area contributed by atoms with Gasteiger partial charge in [0.25, 0.3) is 0 Å². The fourth-order valence-corrected chi connectivity index (χ4v) is 2.43. The molecule has 0 aromatic heterocycles. The molecule has 0 saturated heterocycles. The molecule has 0 N–H and O–H groups in total. The average molecular weight is 216 g/mol. The van der Waals surface area contributed by atoms with Gasteiger partial charge in [-0.2, -0.15) is 0 Å². The maximum absolute atomic E-state index is 11.3. The minimum absolute atomic E-state index is 0.0624. The van der Waals surface area contributed by atoms with Gasteiger partial charge in [-0.1, -0.05) is 60.7 Å². The van der Waals surface area contributed by atoms with Gasteiger partial charge in [0.05, 0.1) is 14.1 Å². The lowest BCUT2D eigenvalue weighted by Crippen LogP contribution is -1.91. The van der Waals surface area contributed by atoms with Crippen LogP contribution in [0.1, 0.15) is 16.8 Å². The highest BCUT2D eigenvalue weighted by Gasteiger charge is 2.10. The van der Waals surface area contributed by atoms with Gasteiger partial charge in [-0.3, -0.25) is 0 Å². The topological polar surface area (TPSA) is 17.1 Å². The molecule has 1 unspecified atom stereocenters. The number of hydrogen-bond acceptors (Lipinski definition) is 1. The Bertz CT molecular complexity index is 385. The second-order valence-electron chi connectivity index (χ2n) is 3.44. The van der Waals surface area contributed by atoms with E-state index in [1.807, 2.05) is 60.7 Å². The van der Waals surface area contributed by atoms with Gasteiger partial charge in [-0.05, 0) is 11.1 Å². The minimum atomic E-state index is -0.832. The van der Waals surface area contributed by atoms with Crippen molar-refractivity contribution in [1.29, 1.82) is 0 Å². The van der Waals surface area contributed by atoms with E-state index in [0.717, 1.165) is 11.1 Å². The van der Waals surface area contributed by atoms with Crippen molar-refractivity contribution in [2.45, 2.75) is 5.66 Å². The summed E-state index contributed by atoms with van der Waals surface area (Å²) in [5.41, 5.74) is 2.33. The van der Waals surface area contributed by atoms with E-state index in [9.17, 15) is 4.57 Å². The van der Waals surface area contributed by atoms with Gasteiger partial charge in [0.2, 0.25) is 0 Å². The molecule has 15 heavy (non-hydrogen) atoms. The molecule has 0 aliphatic rings. The van der Waals surface area contributed by atoms with E-state index < -0.39 is 8.46 Å². The SMILES string of the molecule is O=[PH2]C(c1ccccc1)c1ccccc1. The van der Waals surface area contributed by atoms with E-state index in [-0.39, 0.29) is 5.66 Å². The van der Waals surface area contributed by atoms with Crippen LogP contribution in [-0.4, -0.2) is 0 Å². The van der Waals surface area contributed by atoms with Crippen molar-refractivity contribution in [2.75, 3.05) is 0 Å². The number of benzene rings is 2. The molecule has 0 aliphatic heterocycles. The van der Waals surface area contributed by atoms with Crippen LogP contribution < -0.4 is 0 Å². The molecule has 0 radical (unpaired) electrons. The fourth-order valence-electron chi connectivity index (χ4n) is 1.67. The van der Waals surface area contributed by atoms with Gasteiger partial charge in [-0.25, -0.2) is 0 Å². The van der Waals surface area contributed by atoms with Crippen LogP contribution in [0.25, 0.3) is 0 Å². The zero-order valence-electron chi connectivity index (χ0n) is 8.34. The molecule has 0 amide bonds. The van der Waals surface area contributed by atoms with Crippen LogP contribution >= 0.6 is 8.46 Å². The monoisotopic (exact) mass is 216 g/mol. The Hall–Kier alpha value is -1.33. The zero-order valence-corrected chi connectivity index (χ0v) is 9.49. The van der Waals surface area contributed by atoms with Gasteiger partial charge < -0.3 is 4.57 Å². The van der Waals surface area contributed by atoms with Crippen molar-refractivity contribution >= 4 is 8.46 Å². The van der Waals surface area contributed by atoms with Crippen molar-refractivity contribution < 1.29 is 4.57 Å². The predicted octanol–water partition coefficient (Wildman–Crippen LogP) is 3.53. The largest absolute Gasteiger partial charge is 0.329 e. The molecule has 1 atom stereocenters. The quantitative estimate of drug-likeness (QED) is 0.717. The summed E-state index contributed by atoms with van der Waals surface area (Å²) >= 11 is 0. The Balaban J connectivity index is 2.38. The molecule has 0 fully saturated rings. The number of hydrogen-bond donors (Lipinski definition) is 0. The second kappa shape index (κ2) is 4.95. The summed E-state index contributed by atoms with van der Waals surface area (Å²) < 4.78 is 11.3. The summed E-state index contributed by atoms with van der Waals surface area (Å²) in [4.78, 5) is 0. The highest BCUT2D eigenvalue weighted by Crippen LogP contribution is 2.33. The van der Waals surface area contributed by atoms with Crippen LogP contribution in [0.15, 0.2) is 60.7 Å². The Morgan fingerprint density at radius 2 is 1.13 bits per heavy atom.